The molecule has 2 aromatic carbocycles. The van der Waals surface area contributed by atoms with Crippen molar-refractivity contribution < 1.29 is 17.9 Å². The van der Waals surface area contributed by atoms with Crippen molar-refractivity contribution in [3.63, 3.8) is 0 Å². The Labute approximate surface area is 167 Å². The third-order valence-corrected chi connectivity index (χ3v) is 6.01. The Morgan fingerprint density at radius 1 is 1.07 bits per heavy atom. The van der Waals surface area contributed by atoms with Gasteiger partial charge in [0, 0.05) is 25.3 Å². The van der Waals surface area contributed by atoms with Crippen LogP contribution >= 0.6 is 0 Å². The Hall–Kier alpha value is -2.38. The maximum Gasteiger partial charge on any atom is 0.264 e. The van der Waals surface area contributed by atoms with Crippen LogP contribution in [0.2, 0.25) is 0 Å². The molecule has 0 spiro atoms. The van der Waals surface area contributed by atoms with Crippen LogP contribution in [0.1, 0.15) is 37.6 Å². The number of ether oxygens (including phenoxy) is 1. The van der Waals surface area contributed by atoms with Crippen molar-refractivity contribution in [3.05, 3.63) is 60.2 Å². The normalized spacial score (nSPS) is 11.4. The largest absolute Gasteiger partial charge is 0.379 e. The van der Waals surface area contributed by atoms with Crippen LogP contribution in [-0.4, -0.2) is 40.1 Å². The van der Waals surface area contributed by atoms with Crippen molar-refractivity contribution in [2.45, 2.75) is 38.2 Å². The van der Waals surface area contributed by atoms with Crippen LogP contribution in [0, 0.1) is 0 Å². The molecule has 152 valence electrons. The van der Waals surface area contributed by atoms with Gasteiger partial charge in [0.15, 0.2) is 0 Å². The van der Waals surface area contributed by atoms with Gasteiger partial charge in [0.25, 0.3) is 15.9 Å². The van der Waals surface area contributed by atoms with Gasteiger partial charge in [-0.3, -0.25) is 9.10 Å². The molecular weight excluding hydrogens is 376 g/mol. The summed E-state index contributed by atoms with van der Waals surface area (Å²) in [6.07, 6.45) is 0.915. The molecule has 0 aromatic heterocycles. The Morgan fingerprint density at radius 2 is 1.71 bits per heavy atom. The number of nitrogens with one attached hydrogen (secondary N) is 1. The lowest BCUT2D eigenvalue weighted by Gasteiger charge is -2.23. The second-order valence-electron chi connectivity index (χ2n) is 6.56. The van der Waals surface area contributed by atoms with E-state index in [1.54, 1.807) is 61.5 Å². The molecule has 0 radical (unpaired) electrons. The number of sulfonamides is 1. The van der Waals surface area contributed by atoms with Gasteiger partial charge in [-0.2, -0.15) is 0 Å². The molecule has 0 aliphatic rings. The monoisotopic (exact) mass is 404 g/mol. The van der Waals surface area contributed by atoms with Gasteiger partial charge in [-0.25, -0.2) is 8.42 Å². The van der Waals surface area contributed by atoms with Crippen LogP contribution in [0.3, 0.4) is 0 Å². The minimum atomic E-state index is -3.65. The first-order chi connectivity index (χ1) is 13.4. The van der Waals surface area contributed by atoms with Crippen LogP contribution < -0.4 is 9.62 Å². The zero-order valence-corrected chi connectivity index (χ0v) is 17.4. The van der Waals surface area contributed by atoms with Crippen molar-refractivity contribution in [3.8, 4) is 0 Å². The van der Waals surface area contributed by atoms with Crippen molar-refractivity contribution >= 4 is 21.6 Å². The minimum Gasteiger partial charge on any atom is -0.379 e. The molecule has 0 fully saturated rings. The van der Waals surface area contributed by atoms with E-state index < -0.39 is 10.0 Å². The van der Waals surface area contributed by atoms with Gasteiger partial charge in [0.2, 0.25) is 0 Å². The lowest BCUT2D eigenvalue weighted by atomic mass is 10.2. The average Bonchev–Trinajstić information content (AvgIpc) is 2.69. The fourth-order valence-electron chi connectivity index (χ4n) is 2.69. The number of hydrogen-bond acceptors (Lipinski definition) is 4. The molecule has 28 heavy (non-hydrogen) atoms. The van der Waals surface area contributed by atoms with E-state index in [1.165, 1.54) is 4.31 Å². The quantitative estimate of drug-likeness (QED) is 0.616. The molecule has 1 amide bonds. The van der Waals surface area contributed by atoms with Crippen molar-refractivity contribution in [1.29, 1.82) is 0 Å². The van der Waals surface area contributed by atoms with Gasteiger partial charge in [-0.15, -0.1) is 0 Å². The first-order valence-electron chi connectivity index (χ1n) is 9.44. The number of carbonyl (C=O) groups is 1. The molecule has 0 saturated carbocycles. The zero-order chi connectivity index (χ0) is 20.6. The lowest BCUT2D eigenvalue weighted by molar-refractivity contribution is 0.0757. The number of hydrogen-bond donors (Lipinski definition) is 1. The van der Waals surface area contributed by atoms with Gasteiger partial charge in [-0.1, -0.05) is 18.2 Å². The van der Waals surface area contributed by atoms with Gasteiger partial charge >= 0.3 is 0 Å². The van der Waals surface area contributed by atoms with E-state index in [4.69, 9.17) is 4.74 Å². The second-order valence-corrected chi connectivity index (χ2v) is 8.42. The molecule has 0 aliphatic heterocycles. The number of carbonyl (C=O) groups excluding carboxylic acids is 1. The highest BCUT2D eigenvalue weighted by atomic mass is 32.2. The highest BCUT2D eigenvalue weighted by Gasteiger charge is 2.23. The molecule has 7 heteroatoms. The maximum absolute atomic E-state index is 12.9. The molecule has 0 heterocycles. The predicted molar refractivity (Wildman–Crippen MR) is 111 cm³/mol. The summed E-state index contributed by atoms with van der Waals surface area (Å²) < 4.78 is 32.5. The smallest absolute Gasteiger partial charge is 0.264 e. The van der Waals surface area contributed by atoms with Crippen LogP contribution in [-0.2, 0) is 14.8 Å². The van der Waals surface area contributed by atoms with Crippen LogP contribution in [0.5, 0.6) is 0 Å². The molecule has 2 aromatic rings. The van der Waals surface area contributed by atoms with E-state index in [-0.39, 0.29) is 16.9 Å². The highest BCUT2D eigenvalue weighted by Crippen LogP contribution is 2.23. The standard InChI is InChI=1S/C21H28N2O4S/c1-4-23(28(25,26)20-9-6-5-7-10-20)19-13-11-18(12-14-19)21(24)22-15-8-16-27-17(2)3/h5-7,9-14,17H,4,8,15-16H2,1-3H3,(H,22,24). The number of amides is 1. The summed E-state index contributed by atoms with van der Waals surface area (Å²) in [7, 11) is -3.65. The molecule has 2 rings (SSSR count). The zero-order valence-electron chi connectivity index (χ0n) is 16.6. The maximum atomic E-state index is 12.9. The van der Waals surface area contributed by atoms with Crippen molar-refractivity contribution in [2.75, 3.05) is 24.0 Å². The fourth-order valence-corrected chi connectivity index (χ4v) is 4.18. The summed E-state index contributed by atoms with van der Waals surface area (Å²) in [5.74, 6) is -0.190. The molecule has 0 aliphatic carbocycles. The summed E-state index contributed by atoms with van der Waals surface area (Å²) in [5.41, 5.74) is 1.01. The topological polar surface area (TPSA) is 75.7 Å². The third-order valence-electron chi connectivity index (χ3n) is 4.09. The van der Waals surface area contributed by atoms with E-state index in [9.17, 15) is 13.2 Å². The number of anilines is 1. The van der Waals surface area contributed by atoms with Crippen LogP contribution in [0.15, 0.2) is 59.5 Å². The fraction of sp³-hybridized carbons (Fsp3) is 0.381. The van der Waals surface area contributed by atoms with Gasteiger partial charge in [0.1, 0.15) is 0 Å². The molecule has 0 bridgehead atoms. The number of rotatable bonds is 10. The van der Waals surface area contributed by atoms with Crippen LogP contribution in [0.25, 0.3) is 0 Å². The third kappa shape index (κ3) is 5.81. The summed E-state index contributed by atoms with van der Waals surface area (Å²) in [5, 5.41) is 2.84. The molecule has 1 N–H and O–H groups in total. The minimum absolute atomic E-state index is 0.178. The molecular formula is C21H28N2O4S. The molecule has 0 unspecified atom stereocenters. The Morgan fingerprint density at radius 3 is 2.29 bits per heavy atom. The van der Waals surface area contributed by atoms with Crippen LogP contribution in [0.4, 0.5) is 5.69 Å². The molecule has 0 atom stereocenters. The number of nitrogens with zero attached hydrogens (tertiary/aromatic N) is 1. The number of benzene rings is 2. The Kier molecular flexibility index (Phi) is 8.02. The SMILES string of the molecule is CCN(c1ccc(C(=O)NCCCOC(C)C)cc1)S(=O)(=O)c1ccccc1. The predicted octanol–water partition coefficient (Wildman–Crippen LogP) is 3.45. The lowest BCUT2D eigenvalue weighted by Crippen LogP contribution is -2.31. The van der Waals surface area contributed by atoms with E-state index in [0.29, 0.717) is 30.9 Å². The van der Waals surface area contributed by atoms with Crippen molar-refractivity contribution in [2.24, 2.45) is 0 Å². The first-order valence-corrected chi connectivity index (χ1v) is 10.9. The second kappa shape index (κ2) is 10.2. The Bertz CT molecular complexity index is 850. The summed E-state index contributed by atoms with van der Waals surface area (Å²) in [6.45, 7) is 7.13. The Balaban J connectivity index is 2.03. The van der Waals surface area contributed by atoms with E-state index in [0.717, 1.165) is 6.42 Å². The summed E-state index contributed by atoms with van der Waals surface area (Å²) in [6, 6.07) is 14.9. The first kappa shape index (κ1) is 21.9. The van der Waals surface area contributed by atoms with Gasteiger partial charge in [-0.05, 0) is 63.6 Å². The molecule has 6 nitrogen and oxygen atoms in total. The van der Waals surface area contributed by atoms with E-state index in [2.05, 4.69) is 5.32 Å². The van der Waals surface area contributed by atoms with E-state index in [1.807, 2.05) is 13.8 Å². The highest BCUT2D eigenvalue weighted by molar-refractivity contribution is 7.92. The van der Waals surface area contributed by atoms with E-state index >= 15 is 0 Å². The summed E-state index contributed by atoms with van der Waals surface area (Å²) >= 11 is 0. The van der Waals surface area contributed by atoms with Crippen molar-refractivity contribution in [1.82, 2.24) is 5.32 Å². The molecule has 0 saturated heterocycles. The van der Waals surface area contributed by atoms with Gasteiger partial charge in [0.05, 0.1) is 16.7 Å². The van der Waals surface area contributed by atoms with Gasteiger partial charge < -0.3 is 10.1 Å². The summed E-state index contributed by atoms with van der Waals surface area (Å²) in [4.78, 5) is 12.5. The average molecular weight is 405 g/mol.